The van der Waals surface area contributed by atoms with E-state index in [0.29, 0.717) is 25.7 Å². The van der Waals surface area contributed by atoms with E-state index in [-0.39, 0.29) is 25.7 Å². The molecule has 5 atom stereocenters. The molecule has 0 aliphatic carbocycles. The van der Waals surface area contributed by atoms with Gasteiger partial charge >= 0.3 is 39.5 Å². The maximum atomic E-state index is 13.1. The van der Waals surface area contributed by atoms with Crippen molar-refractivity contribution in [1.82, 2.24) is 0 Å². The summed E-state index contributed by atoms with van der Waals surface area (Å²) in [6.45, 7) is 4.34. The molecule has 0 aromatic heterocycles. The Balaban J connectivity index is 5.45. The van der Waals surface area contributed by atoms with Crippen LogP contribution in [-0.2, 0) is 65.4 Å². The van der Waals surface area contributed by atoms with Crippen molar-refractivity contribution in [3.05, 3.63) is 170 Å². The molecule has 0 aromatic carbocycles. The molecule has 17 nitrogen and oxygen atoms in total. The van der Waals surface area contributed by atoms with E-state index in [2.05, 4.69) is 198 Å². The molecule has 0 heterocycles. The summed E-state index contributed by atoms with van der Waals surface area (Å²) in [5.74, 6) is -2.30. The van der Waals surface area contributed by atoms with Gasteiger partial charge in [0, 0.05) is 25.7 Å². The van der Waals surface area contributed by atoms with E-state index in [1.165, 1.54) is 0 Å². The number of aliphatic hydroxyl groups excluding tert-OH is 1. The van der Waals surface area contributed by atoms with E-state index in [0.717, 1.165) is 205 Å². The minimum Gasteiger partial charge on any atom is -0.462 e. The summed E-state index contributed by atoms with van der Waals surface area (Å²) in [6.07, 6.45) is 89.1. The molecular weight excluding hydrogens is 1350 g/mol. The Morgan fingerprint density at radius 3 is 0.798 bits per heavy atom. The van der Waals surface area contributed by atoms with Gasteiger partial charge in [0.2, 0.25) is 0 Å². The van der Waals surface area contributed by atoms with Gasteiger partial charge in [-0.2, -0.15) is 0 Å². The second kappa shape index (κ2) is 75.6. The highest BCUT2D eigenvalue weighted by Crippen LogP contribution is 2.45. The number of carbonyl (C=O) groups is 4. The van der Waals surface area contributed by atoms with Gasteiger partial charge in [0.1, 0.15) is 19.3 Å². The number of unbranched alkanes of at least 4 members (excludes halogenated alkanes) is 18. The Morgan fingerprint density at radius 1 is 0.279 bits per heavy atom. The third-order valence-corrected chi connectivity index (χ3v) is 17.5. The summed E-state index contributed by atoms with van der Waals surface area (Å²) in [7, 11) is -10.00. The first-order valence-electron chi connectivity index (χ1n) is 39.4. The van der Waals surface area contributed by atoms with Crippen molar-refractivity contribution in [2.45, 2.75) is 303 Å². The zero-order valence-electron chi connectivity index (χ0n) is 64.4. The lowest BCUT2D eigenvalue weighted by Crippen LogP contribution is -2.30. The summed E-state index contributed by atoms with van der Waals surface area (Å²) in [5, 5.41) is 10.6. The van der Waals surface area contributed by atoms with Gasteiger partial charge in [0.25, 0.3) is 0 Å². The van der Waals surface area contributed by atoms with Crippen molar-refractivity contribution in [1.29, 1.82) is 0 Å². The first-order chi connectivity index (χ1) is 50.7. The predicted molar refractivity (Wildman–Crippen MR) is 426 cm³/mol. The molecule has 0 aliphatic heterocycles. The molecule has 590 valence electrons. The quantitative estimate of drug-likeness (QED) is 0.0169. The van der Waals surface area contributed by atoms with Gasteiger partial charge in [-0.15, -0.1) is 0 Å². The third kappa shape index (κ3) is 74.7. The molecule has 19 heteroatoms. The molecule has 0 bridgehead atoms. The van der Waals surface area contributed by atoms with Crippen LogP contribution >= 0.6 is 15.6 Å². The predicted octanol–water partition coefficient (Wildman–Crippen LogP) is 23.0. The van der Waals surface area contributed by atoms with E-state index in [9.17, 15) is 43.2 Å². The standard InChI is InChI=1S/C85H138O17P2/c1-5-9-13-17-21-25-29-33-36-38-39-41-43-47-50-54-58-62-66-70-83(88)96-76-81(102-85(90)72-68-64-60-56-52-48-44-40-37-34-30-26-22-18-14-10-6-2)78-100-104(93,94)98-74-79(86)73-97-103(91,92)99-77-80(101-84(89)71-67-63-59-55-51-45-32-28-24-20-16-12-8-4)75-95-82(87)69-65-61-57-53-49-46-42-35-31-27-23-19-15-11-7-3/h9-11,13-16,20-23,25-28,32-37,39,41-42,47,49-50,53,79-81,86H,5-8,12,17-19,24,29-31,38,40,43-46,48,51-52,54-78H2,1-4H3,(H,91,92)(H,93,94)/b13-9-,14-10-,15-11-,20-16-,25-21-,26-22-,27-23-,32-28-,36-33-,37-34-,41-39-,42-35-,50-47-,53-49-. The summed E-state index contributed by atoms with van der Waals surface area (Å²) >= 11 is 0. The lowest BCUT2D eigenvalue weighted by atomic mass is 10.1. The van der Waals surface area contributed by atoms with Gasteiger partial charge in [-0.1, -0.05) is 262 Å². The van der Waals surface area contributed by atoms with E-state index in [1.807, 2.05) is 0 Å². The van der Waals surface area contributed by atoms with Crippen molar-refractivity contribution < 1.29 is 80.2 Å². The average molecular weight is 1490 g/mol. The molecule has 3 N–H and O–H groups in total. The number of aliphatic hydroxyl groups is 1. The lowest BCUT2D eigenvalue weighted by molar-refractivity contribution is -0.161. The van der Waals surface area contributed by atoms with Gasteiger partial charge in [0.15, 0.2) is 12.2 Å². The second-order valence-corrected chi connectivity index (χ2v) is 28.4. The number of hydrogen-bond donors (Lipinski definition) is 3. The minimum absolute atomic E-state index is 0.0632. The number of carbonyl (C=O) groups excluding carboxylic acids is 4. The number of rotatable bonds is 72. The van der Waals surface area contributed by atoms with Crippen LogP contribution in [0.25, 0.3) is 0 Å². The third-order valence-electron chi connectivity index (χ3n) is 15.6. The van der Waals surface area contributed by atoms with Crippen LogP contribution in [0.3, 0.4) is 0 Å². The van der Waals surface area contributed by atoms with Crippen LogP contribution in [0.5, 0.6) is 0 Å². The molecule has 0 saturated heterocycles. The van der Waals surface area contributed by atoms with Gasteiger partial charge in [-0.3, -0.25) is 37.3 Å². The fourth-order valence-electron chi connectivity index (χ4n) is 9.76. The van der Waals surface area contributed by atoms with E-state index < -0.39 is 97.5 Å². The molecule has 0 aliphatic rings. The Morgan fingerprint density at radius 2 is 0.500 bits per heavy atom. The summed E-state index contributed by atoms with van der Waals surface area (Å²) in [4.78, 5) is 73.0. The first kappa shape index (κ1) is 98.4. The highest BCUT2D eigenvalue weighted by atomic mass is 31.2. The van der Waals surface area contributed by atoms with Crippen molar-refractivity contribution >= 4 is 39.5 Å². The van der Waals surface area contributed by atoms with Crippen LogP contribution < -0.4 is 0 Å². The van der Waals surface area contributed by atoms with Crippen molar-refractivity contribution in [3.63, 3.8) is 0 Å². The number of ether oxygens (including phenoxy) is 4. The first-order valence-corrected chi connectivity index (χ1v) is 42.4. The van der Waals surface area contributed by atoms with Crippen molar-refractivity contribution in [3.8, 4) is 0 Å². The average Bonchev–Trinajstić information content (AvgIpc) is 0.911. The van der Waals surface area contributed by atoms with Crippen LogP contribution in [0, 0.1) is 0 Å². The fraction of sp³-hybridized carbons (Fsp3) is 0.624. The molecular formula is C85H138O17P2. The highest BCUT2D eigenvalue weighted by molar-refractivity contribution is 7.47. The van der Waals surface area contributed by atoms with Crippen LogP contribution in [0.4, 0.5) is 0 Å². The van der Waals surface area contributed by atoms with E-state index in [1.54, 1.807) is 0 Å². The van der Waals surface area contributed by atoms with Gasteiger partial charge in [-0.25, -0.2) is 9.13 Å². The number of phosphoric acid groups is 2. The molecule has 0 aromatic rings. The number of hydrogen-bond acceptors (Lipinski definition) is 15. The Hall–Kier alpha value is -5.58. The monoisotopic (exact) mass is 1490 g/mol. The Labute approximate surface area is 629 Å². The number of allylic oxidation sites excluding steroid dienone is 28. The Bertz CT molecular complexity index is 2640. The summed E-state index contributed by atoms with van der Waals surface area (Å²) in [6, 6.07) is 0. The zero-order chi connectivity index (χ0) is 76.0. The molecule has 0 fully saturated rings. The van der Waals surface area contributed by atoms with Gasteiger partial charge in [0.05, 0.1) is 26.4 Å². The minimum atomic E-state index is -5.00. The molecule has 104 heavy (non-hydrogen) atoms. The maximum absolute atomic E-state index is 13.1. The molecule has 0 rings (SSSR count). The van der Waals surface area contributed by atoms with Gasteiger partial charge in [-0.05, 0) is 167 Å². The fourth-order valence-corrected chi connectivity index (χ4v) is 11.3. The van der Waals surface area contributed by atoms with Crippen LogP contribution in [0.15, 0.2) is 170 Å². The summed E-state index contributed by atoms with van der Waals surface area (Å²) < 4.78 is 68.5. The Kier molecular flexibility index (Phi) is 71.6. The van der Waals surface area contributed by atoms with Gasteiger partial charge < -0.3 is 33.8 Å². The largest absolute Gasteiger partial charge is 0.472 e. The molecule has 5 unspecified atom stereocenters. The summed E-state index contributed by atoms with van der Waals surface area (Å²) in [5.41, 5.74) is 0. The van der Waals surface area contributed by atoms with E-state index >= 15 is 0 Å². The molecule has 0 saturated carbocycles. The zero-order valence-corrected chi connectivity index (χ0v) is 66.2. The lowest BCUT2D eigenvalue weighted by Gasteiger charge is -2.21. The smallest absolute Gasteiger partial charge is 0.462 e. The van der Waals surface area contributed by atoms with Crippen molar-refractivity contribution in [2.24, 2.45) is 0 Å². The molecule has 0 amide bonds. The topological polar surface area (TPSA) is 237 Å². The van der Waals surface area contributed by atoms with E-state index in [4.69, 9.17) is 37.0 Å². The maximum Gasteiger partial charge on any atom is 0.472 e. The van der Waals surface area contributed by atoms with Crippen LogP contribution in [-0.4, -0.2) is 96.7 Å². The van der Waals surface area contributed by atoms with Crippen LogP contribution in [0.2, 0.25) is 0 Å². The molecule has 0 radical (unpaired) electrons. The van der Waals surface area contributed by atoms with Crippen LogP contribution in [0.1, 0.15) is 285 Å². The molecule has 0 spiro atoms. The number of esters is 4. The van der Waals surface area contributed by atoms with Crippen molar-refractivity contribution in [2.75, 3.05) is 39.6 Å². The highest BCUT2D eigenvalue weighted by Gasteiger charge is 2.30. The second-order valence-electron chi connectivity index (χ2n) is 25.5. The SMILES string of the molecule is CC/C=C\C/C=C\C/C=C\C/C=C\C/C=C\CCCCCC(=O)OCC(COP(=O)(O)OCC(O)COP(=O)(O)OCC(COC(=O)CCCC/C=C\C/C=C\C/C=C\C/C=C\CC)OC(=O)CCCCCCC/C=C\C/C=C\CCC)OC(=O)CCCCCCCCC/C=C\C/C=C\C/C=C\CC. The normalized spacial score (nSPS) is 14.8. The number of phosphoric ester groups is 2.